The number of halogens is 1. The number of benzene rings is 1. The smallest absolute Gasteiger partial charge is 0.252 e. The summed E-state index contributed by atoms with van der Waals surface area (Å²) in [5.74, 6) is -0.106. The van der Waals surface area contributed by atoms with E-state index in [1.807, 2.05) is 13.8 Å². The standard InChI is InChI=1S/C12H16BrNO3/c1-6(5-15)10-7(2)11(17-3)8(12(14)16)4-9(10)13/h4,6,15H,5H2,1-3H3,(H2,14,16). The molecular weight excluding hydrogens is 286 g/mol. The number of nitrogens with two attached hydrogens (primary N) is 1. The molecule has 3 N–H and O–H groups in total. The Hall–Kier alpha value is -1.07. The van der Waals surface area contributed by atoms with Crippen LogP contribution < -0.4 is 10.5 Å². The van der Waals surface area contributed by atoms with Crippen molar-refractivity contribution in [1.82, 2.24) is 0 Å². The Morgan fingerprint density at radius 2 is 2.24 bits per heavy atom. The van der Waals surface area contributed by atoms with Gasteiger partial charge in [-0.2, -0.15) is 0 Å². The van der Waals surface area contributed by atoms with Crippen LogP contribution in [0.5, 0.6) is 5.75 Å². The first-order chi connectivity index (χ1) is 7.93. The van der Waals surface area contributed by atoms with Crippen molar-refractivity contribution in [2.75, 3.05) is 13.7 Å². The number of primary amides is 1. The van der Waals surface area contributed by atoms with Crippen LogP contribution in [0.3, 0.4) is 0 Å². The maximum atomic E-state index is 11.3. The Kier molecular flexibility index (Phi) is 4.54. The van der Waals surface area contributed by atoms with Gasteiger partial charge in [0.1, 0.15) is 5.75 Å². The molecule has 94 valence electrons. The minimum atomic E-state index is -0.533. The summed E-state index contributed by atoms with van der Waals surface area (Å²) >= 11 is 3.40. The molecule has 17 heavy (non-hydrogen) atoms. The Balaban J connectivity index is 3.52. The summed E-state index contributed by atoms with van der Waals surface area (Å²) in [5, 5.41) is 9.23. The second-order valence-electron chi connectivity index (χ2n) is 3.93. The third-order valence-corrected chi connectivity index (χ3v) is 3.41. The zero-order chi connectivity index (χ0) is 13.2. The molecule has 1 amide bonds. The third kappa shape index (κ3) is 2.61. The van der Waals surface area contributed by atoms with E-state index in [1.165, 1.54) is 7.11 Å². The highest BCUT2D eigenvalue weighted by atomic mass is 79.9. The third-order valence-electron chi connectivity index (χ3n) is 2.75. The Morgan fingerprint density at radius 3 is 2.65 bits per heavy atom. The van der Waals surface area contributed by atoms with Crippen LogP contribution in [0.1, 0.15) is 34.3 Å². The fourth-order valence-electron chi connectivity index (χ4n) is 1.92. The molecule has 1 aromatic carbocycles. The van der Waals surface area contributed by atoms with Gasteiger partial charge in [0, 0.05) is 17.0 Å². The summed E-state index contributed by atoms with van der Waals surface area (Å²) in [6.07, 6.45) is 0. The SMILES string of the molecule is COc1c(C(N)=O)cc(Br)c(C(C)CO)c1C. The van der Waals surface area contributed by atoms with Crippen LogP contribution >= 0.6 is 15.9 Å². The minimum Gasteiger partial charge on any atom is -0.496 e. The van der Waals surface area contributed by atoms with Crippen molar-refractivity contribution >= 4 is 21.8 Å². The number of rotatable bonds is 4. The topological polar surface area (TPSA) is 72.5 Å². The van der Waals surface area contributed by atoms with Gasteiger partial charge >= 0.3 is 0 Å². The van der Waals surface area contributed by atoms with Gasteiger partial charge in [-0.3, -0.25) is 4.79 Å². The molecule has 1 rings (SSSR count). The van der Waals surface area contributed by atoms with E-state index in [1.54, 1.807) is 6.07 Å². The normalized spacial score (nSPS) is 12.3. The largest absolute Gasteiger partial charge is 0.496 e. The molecule has 0 saturated heterocycles. The second kappa shape index (κ2) is 5.51. The van der Waals surface area contributed by atoms with Crippen molar-refractivity contribution in [2.45, 2.75) is 19.8 Å². The van der Waals surface area contributed by atoms with Gasteiger partial charge in [0.2, 0.25) is 0 Å². The highest BCUT2D eigenvalue weighted by Gasteiger charge is 2.20. The molecule has 0 fully saturated rings. The van der Waals surface area contributed by atoms with Crippen molar-refractivity contribution in [2.24, 2.45) is 5.73 Å². The quantitative estimate of drug-likeness (QED) is 0.893. The molecule has 0 aliphatic rings. The molecule has 0 saturated carbocycles. The summed E-state index contributed by atoms with van der Waals surface area (Å²) in [7, 11) is 1.50. The molecule has 1 atom stereocenters. The van der Waals surface area contributed by atoms with Crippen molar-refractivity contribution in [1.29, 1.82) is 0 Å². The van der Waals surface area contributed by atoms with Gasteiger partial charge < -0.3 is 15.6 Å². The summed E-state index contributed by atoms with van der Waals surface area (Å²) in [6, 6.07) is 1.63. The lowest BCUT2D eigenvalue weighted by Gasteiger charge is -2.19. The first-order valence-corrected chi connectivity index (χ1v) is 6.01. The van der Waals surface area contributed by atoms with Gasteiger partial charge in [-0.05, 0) is 24.1 Å². The van der Waals surface area contributed by atoms with Crippen LogP contribution in [0.2, 0.25) is 0 Å². The molecule has 0 spiro atoms. The van der Waals surface area contributed by atoms with Gasteiger partial charge in [0.05, 0.1) is 12.7 Å². The van der Waals surface area contributed by atoms with Crippen molar-refractivity contribution in [3.8, 4) is 5.75 Å². The van der Waals surface area contributed by atoms with Crippen LogP contribution in [-0.2, 0) is 0 Å². The Bertz CT molecular complexity index is 446. The number of hydrogen-bond donors (Lipinski definition) is 2. The first-order valence-electron chi connectivity index (χ1n) is 5.21. The van der Waals surface area contributed by atoms with Crippen LogP contribution in [0, 0.1) is 6.92 Å². The fourth-order valence-corrected chi connectivity index (χ4v) is 2.83. The molecule has 1 aromatic rings. The van der Waals surface area contributed by atoms with Gasteiger partial charge in [-0.1, -0.05) is 22.9 Å². The van der Waals surface area contributed by atoms with Crippen LogP contribution in [-0.4, -0.2) is 24.7 Å². The highest BCUT2D eigenvalue weighted by Crippen LogP contribution is 2.36. The molecule has 0 bridgehead atoms. The van der Waals surface area contributed by atoms with Crippen LogP contribution in [0.4, 0.5) is 0 Å². The zero-order valence-electron chi connectivity index (χ0n) is 10.1. The van der Waals surface area contributed by atoms with Crippen molar-refractivity contribution < 1.29 is 14.6 Å². The lowest BCUT2D eigenvalue weighted by molar-refractivity contribution is 0.0997. The van der Waals surface area contributed by atoms with Crippen LogP contribution in [0.15, 0.2) is 10.5 Å². The molecule has 0 aromatic heterocycles. The maximum Gasteiger partial charge on any atom is 0.252 e. The van der Waals surface area contributed by atoms with E-state index in [9.17, 15) is 9.90 Å². The van der Waals surface area contributed by atoms with E-state index in [0.29, 0.717) is 11.3 Å². The number of carbonyl (C=O) groups is 1. The number of carbonyl (C=O) groups excluding carboxylic acids is 1. The molecule has 0 aliphatic carbocycles. The number of aliphatic hydroxyl groups is 1. The number of aliphatic hydroxyl groups excluding tert-OH is 1. The lowest BCUT2D eigenvalue weighted by Crippen LogP contribution is -2.15. The van der Waals surface area contributed by atoms with Gasteiger partial charge in [0.25, 0.3) is 5.91 Å². The van der Waals surface area contributed by atoms with Crippen molar-refractivity contribution in [3.05, 3.63) is 27.2 Å². The summed E-state index contributed by atoms with van der Waals surface area (Å²) in [4.78, 5) is 11.3. The fraction of sp³-hybridized carbons (Fsp3) is 0.417. The average molecular weight is 302 g/mol. The lowest BCUT2D eigenvalue weighted by atomic mass is 9.94. The predicted octanol–water partition coefficient (Wildman–Crippen LogP) is 1.96. The van der Waals surface area contributed by atoms with E-state index in [0.717, 1.165) is 15.6 Å². The second-order valence-corrected chi connectivity index (χ2v) is 4.78. The number of ether oxygens (including phenoxy) is 1. The first kappa shape index (κ1) is 14.0. The van der Waals surface area contributed by atoms with Gasteiger partial charge in [-0.25, -0.2) is 0 Å². The van der Waals surface area contributed by atoms with Gasteiger partial charge in [-0.15, -0.1) is 0 Å². The predicted molar refractivity (Wildman–Crippen MR) is 69.4 cm³/mol. The number of hydrogen-bond acceptors (Lipinski definition) is 3. The van der Waals surface area contributed by atoms with E-state index in [2.05, 4.69) is 15.9 Å². The number of amides is 1. The average Bonchev–Trinajstić information content (AvgIpc) is 2.27. The molecule has 4 nitrogen and oxygen atoms in total. The van der Waals surface area contributed by atoms with E-state index in [4.69, 9.17) is 10.5 Å². The zero-order valence-corrected chi connectivity index (χ0v) is 11.7. The molecule has 0 radical (unpaired) electrons. The molecule has 1 unspecified atom stereocenters. The monoisotopic (exact) mass is 301 g/mol. The molecular formula is C12H16BrNO3. The summed E-state index contributed by atoms with van der Waals surface area (Å²) < 4.78 is 5.98. The summed E-state index contributed by atoms with van der Waals surface area (Å²) in [5.41, 5.74) is 7.38. The van der Waals surface area contributed by atoms with E-state index >= 15 is 0 Å². The van der Waals surface area contributed by atoms with E-state index < -0.39 is 5.91 Å². The molecule has 0 heterocycles. The minimum absolute atomic E-state index is 0.0263. The highest BCUT2D eigenvalue weighted by molar-refractivity contribution is 9.10. The van der Waals surface area contributed by atoms with Crippen LogP contribution in [0.25, 0.3) is 0 Å². The Morgan fingerprint density at radius 1 is 1.65 bits per heavy atom. The number of methoxy groups -OCH3 is 1. The van der Waals surface area contributed by atoms with Gasteiger partial charge in [0.15, 0.2) is 0 Å². The van der Waals surface area contributed by atoms with Crippen molar-refractivity contribution in [3.63, 3.8) is 0 Å². The molecule has 5 heteroatoms. The maximum absolute atomic E-state index is 11.3. The Labute approximate surface area is 109 Å². The summed E-state index contributed by atoms with van der Waals surface area (Å²) in [6.45, 7) is 3.77. The molecule has 0 aliphatic heterocycles. The van der Waals surface area contributed by atoms with E-state index in [-0.39, 0.29) is 12.5 Å².